The van der Waals surface area contributed by atoms with Crippen LogP contribution in [0.15, 0.2) is 182 Å². The highest BCUT2D eigenvalue weighted by Gasteiger charge is 2.37. The standard InChI is InChI=1S/C57H42N4/c1-57(2)48-24-14-12-22-44(48)46-35-54-42(34-49(46)57)27-26-41-32-39(40-29-31-53-47(33-40)45-23-13-15-25-52(45)60(53)43-20-10-5-11-21-43)28-30-51(41)61(54)55-36-50(37-16-6-3-7-17-37)58-56(59-55)38-18-8-4-9-19-38/h3,5-8,10-36H,4,9H2,1-2H3. The second kappa shape index (κ2) is 13.8. The third-order valence-electron chi connectivity index (χ3n) is 13.0. The molecule has 2 aliphatic carbocycles. The molecule has 0 radical (unpaired) electrons. The van der Waals surface area contributed by atoms with Gasteiger partial charge in [-0.2, -0.15) is 0 Å². The van der Waals surface area contributed by atoms with Gasteiger partial charge in [-0.05, 0) is 112 Å². The Morgan fingerprint density at radius 1 is 0.508 bits per heavy atom. The summed E-state index contributed by atoms with van der Waals surface area (Å²) in [6, 6.07) is 59.6. The normalized spacial score (nSPS) is 14.7. The van der Waals surface area contributed by atoms with Crippen molar-refractivity contribution in [3.63, 3.8) is 0 Å². The van der Waals surface area contributed by atoms with Gasteiger partial charge in [-0.15, -0.1) is 0 Å². The second-order valence-electron chi connectivity index (χ2n) is 16.9. The van der Waals surface area contributed by atoms with Gasteiger partial charge < -0.3 is 4.57 Å². The van der Waals surface area contributed by atoms with E-state index < -0.39 is 0 Å². The van der Waals surface area contributed by atoms with Crippen molar-refractivity contribution in [1.82, 2.24) is 14.5 Å². The van der Waals surface area contributed by atoms with Crippen LogP contribution < -0.4 is 4.90 Å². The van der Waals surface area contributed by atoms with E-state index in [1.807, 2.05) is 0 Å². The second-order valence-corrected chi connectivity index (χ2v) is 16.9. The predicted molar refractivity (Wildman–Crippen MR) is 255 cm³/mol. The molecule has 4 heteroatoms. The molecule has 0 spiro atoms. The molecular weight excluding hydrogens is 741 g/mol. The third-order valence-corrected chi connectivity index (χ3v) is 13.0. The molecule has 3 heterocycles. The Balaban J connectivity index is 1.07. The van der Waals surface area contributed by atoms with Gasteiger partial charge in [-0.1, -0.05) is 147 Å². The summed E-state index contributed by atoms with van der Waals surface area (Å²) in [4.78, 5) is 13.0. The molecule has 290 valence electrons. The molecule has 0 amide bonds. The predicted octanol–water partition coefficient (Wildman–Crippen LogP) is 14.9. The topological polar surface area (TPSA) is 34.0 Å². The van der Waals surface area contributed by atoms with Crippen LogP contribution in [0.25, 0.3) is 78.7 Å². The number of nitrogens with zero attached hydrogens (tertiary/aromatic N) is 4. The molecule has 9 aromatic rings. The maximum atomic E-state index is 5.45. The SMILES string of the molecule is CC1(C)c2ccccc2-c2cc3c(cc21)C=Cc1cc(-c2ccc4c(c2)c2ccccc2n4-c2ccccc2)ccc1N3c1cc(-c2ccccc2)nc(C2=CCCC=C2)n1. The zero-order valence-electron chi connectivity index (χ0n) is 34.2. The van der Waals surface area contributed by atoms with E-state index in [4.69, 9.17) is 9.97 Å². The lowest BCUT2D eigenvalue weighted by Gasteiger charge is -2.29. The molecule has 1 aliphatic heterocycles. The van der Waals surface area contributed by atoms with Gasteiger partial charge >= 0.3 is 0 Å². The third kappa shape index (κ3) is 5.67. The van der Waals surface area contributed by atoms with Crippen LogP contribution in [0.4, 0.5) is 17.2 Å². The molecule has 2 aromatic heterocycles. The van der Waals surface area contributed by atoms with Crippen LogP contribution in [-0.4, -0.2) is 14.5 Å². The minimum absolute atomic E-state index is 0.128. The molecule has 0 saturated carbocycles. The summed E-state index contributed by atoms with van der Waals surface area (Å²) in [5.41, 5.74) is 18.5. The first-order valence-electron chi connectivity index (χ1n) is 21.3. The lowest BCUT2D eigenvalue weighted by Crippen LogP contribution is -2.17. The summed E-state index contributed by atoms with van der Waals surface area (Å²) in [7, 11) is 0. The monoisotopic (exact) mass is 782 g/mol. The molecule has 7 aromatic carbocycles. The van der Waals surface area contributed by atoms with Crippen molar-refractivity contribution >= 4 is 56.7 Å². The number of para-hydroxylation sites is 2. The number of rotatable bonds is 5. The van der Waals surface area contributed by atoms with Crippen molar-refractivity contribution in [1.29, 1.82) is 0 Å². The zero-order chi connectivity index (χ0) is 40.7. The van der Waals surface area contributed by atoms with E-state index in [9.17, 15) is 0 Å². The summed E-state index contributed by atoms with van der Waals surface area (Å²) >= 11 is 0. The number of anilines is 3. The summed E-state index contributed by atoms with van der Waals surface area (Å²) in [6.07, 6.45) is 13.3. The van der Waals surface area contributed by atoms with Gasteiger partial charge in [0, 0.05) is 39.1 Å². The molecule has 4 nitrogen and oxygen atoms in total. The summed E-state index contributed by atoms with van der Waals surface area (Å²) in [5, 5.41) is 2.48. The number of fused-ring (bicyclic) bond motifs is 8. The average molecular weight is 783 g/mol. The van der Waals surface area contributed by atoms with Gasteiger partial charge in [0.1, 0.15) is 5.82 Å². The van der Waals surface area contributed by atoms with Crippen LogP contribution in [0.1, 0.15) is 54.8 Å². The van der Waals surface area contributed by atoms with E-state index in [0.717, 1.165) is 75.1 Å². The van der Waals surface area contributed by atoms with E-state index in [1.54, 1.807) is 0 Å². The van der Waals surface area contributed by atoms with Crippen molar-refractivity contribution in [3.8, 4) is 39.2 Å². The van der Waals surface area contributed by atoms with Gasteiger partial charge in [0.2, 0.25) is 0 Å². The van der Waals surface area contributed by atoms with Crippen LogP contribution in [0.2, 0.25) is 0 Å². The van der Waals surface area contributed by atoms with Gasteiger partial charge in [-0.25, -0.2) is 9.97 Å². The fourth-order valence-electron chi connectivity index (χ4n) is 9.93. The van der Waals surface area contributed by atoms with Gasteiger partial charge in [0.05, 0.1) is 28.1 Å². The molecule has 12 rings (SSSR count). The van der Waals surface area contributed by atoms with Gasteiger partial charge in [0.25, 0.3) is 0 Å². The van der Waals surface area contributed by atoms with E-state index in [1.165, 1.54) is 49.6 Å². The fourth-order valence-corrected chi connectivity index (χ4v) is 9.93. The minimum Gasteiger partial charge on any atom is -0.309 e. The van der Waals surface area contributed by atoms with Crippen LogP contribution in [-0.2, 0) is 5.41 Å². The molecule has 0 unspecified atom stereocenters. The lowest BCUT2D eigenvalue weighted by atomic mass is 9.82. The van der Waals surface area contributed by atoms with Crippen LogP contribution in [0.3, 0.4) is 0 Å². The van der Waals surface area contributed by atoms with E-state index >= 15 is 0 Å². The summed E-state index contributed by atoms with van der Waals surface area (Å²) in [5.74, 6) is 1.57. The van der Waals surface area contributed by atoms with Crippen LogP contribution >= 0.6 is 0 Å². The Kier molecular flexibility index (Phi) is 7.98. The van der Waals surface area contributed by atoms with Crippen molar-refractivity contribution in [2.45, 2.75) is 32.1 Å². The molecule has 0 N–H and O–H groups in total. The van der Waals surface area contributed by atoms with E-state index in [-0.39, 0.29) is 5.41 Å². The number of allylic oxidation sites excluding steroid dienone is 4. The molecule has 61 heavy (non-hydrogen) atoms. The Bertz CT molecular complexity index is 3330. The van der Waals surface area contributed by atoms with Crippen molar-refractivity contribution < 1.29 is 0 Å². The number of benzene rings is 7. The Morgan fingerprint density at radius 2 is 1.23 bits per heavy atom. The molecule has 0 fully saturated rings. The van der Waals surface area contributed by atoms with Gasteiger partial charge in [0.15, 0.2) is 5.82 Å². The number of aromatic nitrogens is 3. The highest BCUT2D eigenvalue weighted by Crippen LogP contribution is 2.53. The van der Waals surface area contributed by atoms with Crippen molar-refractivity contribution in [2.75, 3.05) is 4.90 Å². The fraction of sp³-hybridized carbons (Fsp3) is 0.0877. The van der Waals surface area contributed by atoms with Crippen LogP contribution in [0, 0.1) is 0 Å². The Labute approximate surface area is 356 Å². The highest BCUT2D eigenvalue weighted by atomic mass is 15.2. The molecule has 3 aliphatic rings. The molecule has 0 atom stereocenters. The summed E-state index contributed by atoms with van der Waals surface area (Å²) < 4.78 is 2.37. The highest BCUT2D eigenvalue weighted by molar-refractivity contribution is 6.10. The Morgan fingerprint density at radius 3 is 2.07 bits per heavy atom. The van der Waals surface area contributed by atoms with E-state index in [0.29, 0.717) is 0 Å². The first kappa shape index (κ1) is 35.4. The average Bonchev–Trinajstić information content (AvgIpc) is 3.69. The maximum Gasteiger partial charge on any atom is 0.161 e. The lowest BCUT2D eigenvalue weighted by molar-refractivity contribution is 0.660. The number of hydrogen-bond donors (Lipinski definition) is 0. The molecule has 0 saturated heterocycles. The first-order valence-corrected chi connectivity index (χ1v) is 21.3. The van der Waals surface area contributed by atoms with Gasteiger partial charge in [-0.3, -0.25) is 4.90 Å². The maximum absolute atomic E-state index is 5.45. The summed E-state index contributed by atoms with van der Waals surface area (Å²) in [6.45, 7) is 4.71. The van der Waals surface area contributed by atoms with E-state index in [2.05, 4.69) is 217 Å². The first-order chi connectivity index (χ1) is 30.0. The largest absolute Gasteiger partial charge is 0.309 e. The van der Waals surface area contributed by atoms with Crippen LogP contribution in [0.5, 0.6) is 0 Å². The van der Waals surface area contributed by atoms with Crippen molar-refractivity contribution in [3.05, 3.63) is 210 Å². The zero-order valence-corrected chi connectivity index (χ0v) is 34.2. The minimum atomic E-state index is -0.128. The quantitative estimate of drug-likeness (QED) is 0.174. The molecule has 0 bridgehead atoms. The number of hydrogen-bond acceptors (Lipinski definition) is 3. The molecular formula is C57H42N4. The van der Waals surface area contributed by atoms with Crippen molar-refractivity contribution in [2.24, 2.45) is 0 Å². The smallest absolute Gasteiger partial charge is 0.161 e. The Hall–Kier alpha value is -7.56.